The summed E-state index contributed by atoms with van der Waals surface area (Å²) in [7, 11) is -3.37. The first kappa shape index (κ1) is 20.7. The van der Waals surface area contributed by atoms with Crippen molar-refractivity contribution in [2.75, 3.05) is 12.8 Å². The van der Waals surface area contributed by atoms with E-state index in [1.165, 1.54) is 38.4 Å². The van der Waals surface area contributed by atoms with Crippen LogP contribution in [0.5, 0.6) is 0 Å². The van der Waals surface area contributed by atoms with E-state index in [0.717, 1.165) is 24.9 Å². The van der Waals surface area contributed by atoms with Gasteiger partial charge in [0.2, 0.25) is 5.91 Å². The first-order chi connectivity index (χ1) is 13.8. The van der Waals surface area contributed by atoms with Crippen LogP contribution < -0.4 is 0 Å². The van der Waals surface area contributed by atoms with E-state index in [-0.39, 0.29) is 11.9 Å². The molecule has 0 unspecified atom stereocenters. The minimum Gasteiger partial charge on any atom is -0.344 e. The van der Waals surface area contributed by atoms with Crippen molar-refractivity contribution in [2.45, 2.75) is 68.8 Å². The molecule has 2 aliphatic rings. The summed E-state index contributed by atoms with van der Waals surface area (Å²) in [6, 6.07) is 5.48. The van der Waals surface area contributed by atoms with Crippen molar-refractivity contribution in [1.29, 1.82) is 0 Å². The molecule has 0 bridgehead atoms. The average Bonchev–Trinajstić information content (AvgIpc) is 3.27. The fourth-order valence-corrected chi connectivity index (χ4v) is 6.07. The third kappa shape index (κ3) is 4.48. The zero-order chi connectivity index (χ0) is 20.6. The Hall–Kier alpha value is -1.53. The van der Waals surface area contributed by atoms with Crippen molar-refractivity contribution in [1.82, 2.24) is 9.47 Å². The number of likely N-dealkylation sites (tertiary alicyclic amines) is 1. The van der Waals surface area contributed by atoms with Gasteiger partial charge in [-0.2, -0.15) is 0 Å². The molecule has 1 aliphatic heterocycles. The molecule has 1 amide bonds. The molecule has 1 saturated heterocycles. The van der Waals surface area contributed by atoms with E-state index in [1.807, 2.05) is 15.5 Å². The Labute approximate surface area is 177 Å². The lowest BCUT2D eigenvalue weighted by molar-refractivity contribution is -0.133. The number of aromatic nitrogens is 1. The Morgan fingerprint density at radius 3 is 2.62 bits per heavy atom. The number of benzene rings is 1. The zero-order valence-electron chi connectivity index (χ0n) is 16.9. The molecule has 29 heavy (non-hydrogen) atoms. The lowest BCUT2D eigenvalue weighted by atomic mass is 9.86. The third-order valence-corrected chi connectivity index (χ3v) is 7.86. The number of nitrogens with zero attached hydrogens (tertiary/aromatic N) is 2. The topological polar surface area (TPSA) is 59.4 Å². The summed E-state index contributed by atoms with van der Waals surface area (Å²) in [4.78, 5) is 15.3. The van der Waals surface area contributed by atoms with E-state index >= 15 is 0 Å². The lowest BCUT2D eigenvalue weighted by Gasteiger charge is -2.28. The van der Waals surface area contributed by atoms with Crippen LogP contribution in [0.2, 0.25) is 5.02 Å². The fraction of sp³-hybridized carbons (Fsp3) is 0.591. The van der Waals surface area contributed by atoms with Crippen LogP contribution in [-0.4, -0.2) is 42.6 Å². The molecule has 1 aromatic heterocycles. The smallest absolute Gasteiger partial charge is 0.223 e. The first-order valence-electron chi connectivity index (χ1n) is 10.6. The molecule has 2 aromatic rings. The molecular formula is C22H29ClN2O3S. The Bertz CT molecular complexity index is 1010. The standard InChI is InChI=1S/C22H29ClN2O3S/c1-29(27,28)21-15-24(20-10-9-17(23)13-19(20)21)14-18-8-5-11-25(18)22(26)12-16-6-3-2-4-7-16/h9-10,13,15-16,18H,2-8,11-12,14H2,1H3/t18-/m0/s1. The van der Waals surface area contributed by atoms with Gasteiger partial charge < -0.3 is 9.47 Å². The molecule has 2 heterocycles. The number of hydrogen-bond donors (Lipinski definition) is 0. The van der Waals surface area contributed by atoms with Crippen LogP contribution in [-0.2, 0) is 21.2 Å². The maximum Gasteiger partial charge on any atom is 0.223 e. The molecule has 1 aromatic carbocycles. The number of amides is 1. The maximum absolute atomic E-state index is 13.0. The van der Waals surface area contributed by atoms with Gasteiger partial charge in [-0.05, 0) is 49.8 Å². The molecule has 0 radical (unpaired) electrons. The molecule has 5 nitrogen and oxygen atoms in total. The molecule has 2 fully saturated rings. The number of rotatable bonds is 5. The monoisotopic (exact) mass is 436 g/mol. The quantitative estimate of drug-likeness (QED) is 0.684. The highest BCUT2D eigenvalue weighted by Crippen LogP contribution is 2.31. The predicted octanol–water partition coefficient (Wildman–Crippen LogP) is 4.66. The van der Waals surface area contributed by atoms with E-state index in [4.69, 9.17) is 11.6 Å². The zero-order valence-corrected chi connectivity index (χ0v) is 18.5. The van der Waals surface area contributed by atoms with Gasteiger partial charge in [-0.3, -0.25) is 4.79 Å². The number of fused-ring (bicyclic) bond motifs is 1. The summed E-state index contributed by atoms with van der Waals surface area (Å²) in [5.74, 6) is 0.797. The van der Waals surface area contributed by atoms with E-state index in [1.54, 1.807) is 18.3 Å². The Morgan fingerprint density at radius 2 is 1.90 bits per heavy atom. The summed E-state index contributed by atoms with van der Waals surface area (Å²) in [6.07, 6.45) is 11.7. The molecule has 0 spiro atoms. The van der Waals surface area contributed by atoms with Gasteiger partial charge in [0.25, 0.3) is 0 Å². The molecule has 4 rings (SSSR count). The van der Waals surface area contributed by atoms with Gasteiger partial charge in [0.1, 0.15) is 0 Å². The average molecular weight is 437 g/mol. The Balaban J connectivity index is 1.56. The number of halogens is 1. The van der Waals surface area contributed by atoms with Crippen LogP contribution in [0.25, 0.3) is 10.9 Å². The van der Waals surface area contributed by atoms with Gasteiger partial charge >= 0.3 is 0 Å². The molecular weight excluding hydrogens is 408 g/mol. The van der Waals surface area contributed by atoms with Crippen molar-refractivity contribution in [3.05, 3.63) is 29.4 Å². The predicted molar refractivity (Wildman–Crippen MR) is 116 cm³/mol. The van der Waals surface area contributed by atoms with E-state index in [2.05, 4.69) is 0 Å². The maximum atomic E-state index is 13.0. The van der Waals surface area contributed by atoms with E-state index in [9.17, 15) is 13.2 Å². The SMILES string of the molecule is CS(=O)(=O)c1cn(C[C@@H]2CCCN2C(=O)CC2CCCCC2)c2ccc(Cl)cc12. The molecule has 1 saturated carbocycles. The van der Waals surface area contributed by atoms with Crippen molar-refractivity contribution < 1.29 is 13.2 Å². The normalized spacial score (nSPS) is 21.2. The van der Waals surface area contributed by atoms with Gasteiger partial charge in [0, 0.05) is 53.9 Å². The van der Waals surface area contributed by atoms with Crippen LogP contribution in [0.15, 0.2) is 29.3 Å². The van der Waals surface area contributed by atoms with Crippen LogP contribution >= 0.6 is 11.6 Å². The van der Waals surface area contributed by atoms with Crippen molar-refractivity contribution in [2.24, 2.45) is 5.92 Å². The molecule has 1 atom stereocenters. The van der Waals surface area contributed by atoms with E-state index in [0.29, 0.717) is 34.2 Å². The highest BCUT2D eigenvalue weighted by Gasteiger charge is 2.31. The fourth-order valence-electron chi connectivity index (χ4n) is 5.02. The second-order valence-corrected chi connectivity index (χ2v) is 11.1. The molecule has 0 N–H and O–H groups in total. The molecule has 1 aliphatic carbocycles. The van der Waals surface area contributed by atoms with Gasteiger partial charge in [0.05, 0.1) is 4.90 Å². The van der Waals surface area contributed by atoms with Crippen LogP contribution in [0.3, 0.4) is 0 Å². The van der Waals surface area contributed by atoms with Crippen molar-refractivity contribution in [3.63, 3.8) is 0 Å². The van der Waals surface area contributed by atoms with Gasteiger partial charge in [-0.1, -0.05) is 30.9 Å². The van der Waals surface area contributed by atoms with Crippen molar-refractivity contribution in [3.8, 4) is 0 Å². The summed E-state index contributed by atoms with van der Waals surface area (Å²) in [5.41, 5.74) is 0.849. The van der Waals surface area contributed by atoms with Crippen LogP contribution in [0.1, 0.15) is 51.4 Å². The Morgan fingerprint density at radius 1 is 1.14 bits per heavy atom. The Kier molecular flexibility index (Phi) is 5.94. The number of hydrogen-bond acceptors (Lipinski definition) is 3. The van der Waals surface area contributed by atoms with E-state index < -0.39 is 9.84 Å². The summed E-state index contributed by atoms with van der Waals surface area (Å²) in [5, 5.41) is 1.17. The molecule has 7 heteroatoms. The van der Waals surface area contributed by atoms with Gasteiger partial charge in [-0.15, -0.1) is 0 Å². The summed E-state index contributed by atoms with van der Waals surface area (Å²) < 4.78 is 26.5. The number of sulfone groups is 1. The van der Waals surface area contributed by atoms with Gasteiger partial charge in [-0.25, -0.2) is 8.42 Å². The third-order valence-electron chi connectivity index (χ3n) is 6.50. The molecule has 158 valence electrons. The highest BCUT2D eigenvalue weighted by molar-refractivity contribution is 7.91. The minimum atomic E-state index is -3.37. The van der Waals surface area contributed by atoms with Crippen LogP contribution in [0, 0.1) is 5.92 Å². The lowest BCUT2D eigenvalue weighted by Crippen LogP contribution is -2.39. The largest absolute Gasteiger partial charge is 0.344 e. The second-order valence-electron chi connectivity index (χ2n) is 8.67. The first-order valence-corrected chi connectivity index (χ1v) is 12.9. The number of carbonyl (C=O) groups is 1. The van der Waals surface area contributed by atoms with Crippen LogP contribution in [0.4, 0.5) is 0 Å². The highest BCUT2D eigenvalue weighted by atomic mass is 35.5. The van der Waals surface area contributed by atoms with Gasteiger partial charge in [0.15, 0.2) is 9.84 Å². The summed E-state index contributed by atoms with van der Waals surface area (Å²) >= 11 is 6.12. The number of carbonyl (C=O) groups excluding carboxylic acids is 1. The van der Waals surface area contributed by atoms with Crippen molar-refractivity contribution >= 4 is 38.2 Å². The minimum absolute atomic E-state index is 0.116. The summed E-state index contributed by atoms with van der Waals surface area (Å²) in [6.45, 7) is 1.42. The second kappa shape index (κ2) is 8.31.